The van der Waals surface area contributed by atoms with Crippen molar-refractivity contribution in [2.24, 2.45) is 0 Å². The van der Waals surface area contributed by atoms with Crippen LogP contribution < -0.4 is 15.5 Å². The summed E-state index contributed by atoms with van der Waals surface area (Å²) < 4.78 is 28.4. The molecular formula is C20H32N3O7P. The zero-order chi connectivity index (χ0) is 23.3. The van der Waals surface area contributed by atoms with E-state index >= 15 is 0 Å². The van der Waals surface area contributed by atoms with Crippen molar-refractivity contribution in [3.8, 4) is 0 Å². The number of nitrogens with one attached hydrogen (secondary N) is 3. The Hall–Kier alpha value is -2.42. The number of esters is 2. The maximum absolute atomic E-state index is 13.4. The van der Waals surface area contributed by atoms with E-state index in [9.17, 15) is 18.9 Å². The Kier molecular flexibility index (Phi) is 11.8. The van der Waals surface area contributed by atoms with Crippen LogP contribution in [0.3, 0.4) is 0 Å². The van der Waals surface area contributed by atoms with Crippen LogP contribution in [-0.2, 0) is 35.0 Å². The fraction of sp³-hybridized carbons (Fsp3) is 0.550. The van der Waals surface area contributed by atoms with Crippen molar-refractivity contribution >= 4 is 25.5 Å². The van der Waals surface area contributed by atoms with Crippen molar-refractivity contribution in [2.45, 2.75) is 46.4 Å². The van der Waals surface area contributed by atoms with E-state index in [1.165, 1.54) is 13.8 Å². The molecular weight excluding hydrogens is 425 g/mol. The Morgan fingerprint density at radius 1 is 0.903 bits per heavy atom. The van der Waals surface area contributed by atoms with E-state index in [1.54, 1.807) is 13.8 Å². The maximum Gasteiger partial charge on any atom is 0.407 e. The van der Waals surface area contributed by atoms with Gasteiger partial charge in [-0.1, -0.05) is 30.3 Å². The van der Waals surface area contributed by atoms with Crippen LogP contribution in [0.15, 0.2) is 30.3 Å². The van der Waals surface area contributed by atoms with E-state index in [0.717, 1.165) is 5.56 Å². The summed E-state index contributed by atoms with van der Waals surface area (Å²) in [5.41, 5.74) is 0.832. The summed E-state index contributed by atoms with van der Waals surface area (Å²) in [4.78, 5) is 35.8. The lowest BCUT2D eigenvalue weighted by Gasteiger charge is -2.26. The van der Waals surface area contributed by atoms with Crippen molar-refractivity contribution in [1.29, 1.82) is 0 Å². The number of rotatable bonds is 13. The zero-order valence-electron chi connectivity index (χ0n) is 18.4. The predicted octanol–water partition coefficient (Wildman–Crippen LogP) is 2.19. The smallest absolute Gasteiger partial charge is 0.407 e. The lowest BCUT2D eigenvalue weighted by atomic mass is 10.2. The topological polar surface area (TPSA) is 132 Å². The van der Waals surface area contributed by atoms with Gasteiger partial charge in [-0.15, -0.1) is 0 Å². The molecule has 2 atom stereocenters. The highest BCUT2D eigenvalue weighted by atomic mass is 31.2. The van der Waals surface area contributed by atoms with Crippen LogP contribution in [0.2, 0.25) is 0 Å². The first-order valence-corrected chi connectivity index (χ1v) is 12.0. The first-order chi connectivity index (χ1) is 14.7. The molecule has 0 aliphatic heterocycles. The van der Waals surface area contributed by atoms with Crippen molar-refractivity contribution in [3.63, 3.8) is 0 Å². The van der Waals surface area contributed by atoms with Gasteiger partial charge in [-0.3, -0.25) is 14.2 Å². The van der Waals surface area contributed by atoms with Crippen LogP contribution in [0.5, 0.6) is 0 Å². The van der Waals surface area contributed by atoms with E-state index < -0.39 is 37.6 Å². The first-order valence-electron chi connectivity index (χ1n) is 10.1. The Balaban J connectivity index is 2.67. The van der Waals surface area contributed by atoms with Crippen LogP contribution in [0.1, 0.15) is 33.3 Å². The molecule has 0 bridgehead atoms. The van der Waals surface area contributed by atoms with Gasteiger partial charge < -0.3 is 19.5 Å². The predicted molar refractivity (Wildman–Crippen MR) is 116 cm³/mol. The molecule has 10 nitrogen and oxygen atoms in total. The fourth-order valence-corrected chi connectivity index (χ4v) is 4.74. The molecule has 0 fully saturated rings. The molecule has 1 amide bonds. The average Bonchev–Trinajstić information content (AvgIpc) is 2.73. The molecule has 0 aliphatic carbocycles. The number of carbonyl (C=O) groups is 3. The van der Waals surface area contributed by atoms with Crippen LogP contribution in [0.4, 0.5) is 4.79 Å². The van der Waals surface area contributed by atoms with Gasteiger partial charge in [-0.2, -0.15) is 0 Å². The molecule has 1 aromatic rings. The van der Waals surface area contributed by atoms with Crippen LogP contribution in [-0.4, -0.2) is 56.0 Å². The molecule has 0 aliphatic rings. The van der Waals surface area contributed by atoms with Gasteiger partial charge in [0, 0.05) is 12.7 Å². The Morgan fingerprint density at radius 3 is 1.90 bits per heavy atom. The molecule has 0 aromatic heterocycles. The zero-order valence-corrected chi connectivity index (χ0v) is 19.3. The quantitative estimate of drug-likeness (QED) is 0.232. The number of alkyl carbamates (subject to hydrolysis) is 1. The van der Waals surface area contributed by atoms with Crippen molar-refractivity contribution in [3.05, 3.63) is 35.9 Å². The van der Waals surface area contributed by atoms with Gasteiger partial charge in [-0.05, 0) is 33.3 Å². The molecule has 0 saturated carbocycles. The Bertz CT molecular complexity index is 730. The van der Waals surface area contributed by atoms with Crippen LogP contribution >= 0.6 is 7.44 Å². The Labute approximate surface area is 182 Å². The van der Waals surface area contributed by atoms with Crippen LogP contribution in [0.25, 0.3) is 0 Å². The van der Waals surface area contributed by atoms with Gasteiger partial charge in [0.05, 0.1) is 13.2 Å². The second-order valence-corrected chi connectivity index (χ2v) is 9.10. The van der Waals surface area contributed by atoms with Gasteiger partial charge in [0.15, 0.2) is 0 Å². The molecule has 3 N–H and O–H groups in total. The summed E-state index contributed by atoms with van der Waals surface area (Å²) in [6, 6.07) is 7.39. The fourth-order valence-electron chi connectivity index (χ4n) is 2.52. The highest BCUT2D eigenvalue weighted by molar-refractivity contribution is 7.60. The highest BCUT2D eigenvalue weighted by Crippen LogP contribution is 2.37. The van der Waals surface area contributed by atoms with Gasteiger partial charge in [0.25, 0.3) is 0 Å². The van der Waals surface area contributed by atoms with E-state index in [-0.39, 0.29) is 32.5 Å². The molecule has 0 spiro atoms. The van der Waals surface area contributed by atoms with E-state index in [4.69, 9.17) is 14.2 Å². The van der Waals surface area contributed by atoms with Crippen LogP contribution in [0, 0.1) is 0 Å². The van der Waals surface area contributed by atoms with E-state index in [1.807, 2.05) is 30.3 Å². The monoisotopic (exact) mass is 457 g/mol. The summed E-state index contributed by atoms with van der Waals surface area (Å²) in [6.45, 7) is 6.77. The van der Waals surface area contributed by atoms with Gasteiger partial charge in [0.1, 0.15) is 18.7 Å². The highest BCUT2D eigenvalue weighted by Gasteiger charge is 2.31. The molecule has 1 rings (SSSR count). The number of carbonyl (C=O) groups excluding carboxylic acids is 3. The first kappa shape index (κ1) is 26.6. The summed E-state index contributed by atoms with van der Waals surface area (Å²) >= 11 is 0. The number of ether oxygens (including phenoxy) is 3. The van der Waals surface area contributed by atoms with Gasteiger partial charge in [-0.25, -0.2) is 15.0 Å². The third-order valence-electron chi connectivity index (χ3n) is 3.99. The lowest BCUT2D eigenvalue weighted by molar-refractivity contribution is -0.145. The van der Waals surface area contributed by atoms with Crippen molar-refractivity contribution < 1.29 is 33.2 Å². The number of hydrogen-bond donors (Lipinski definition) is 3. The minimum absolute atomic E-state index is 0.0179. The number of hydrogen-bond acceptors (Lipinski definition) is 7. The molecule has 1 aromatic carbocycles. The summed E-state index contributed by atoms with van der Waals surface area (Å²) in [5, 5.41) is 7.93. The third kappa shape index (κ3) is 10.4. The molecule has 0 radical (unpaired) electrons. The molecule has 0 heterocycles. The van der Waals surface area contributed by atoms with E-state index in [0.29, 0.717) is 0 Å². The minimum atomic E-state index is -3.49. The van der Waals surface area contributed by atoms with Crippen molar-refractivity contribution in [2.75, 3.05) is 25.9 Å². The SMILES string of the molecule is CCOC(=O)[C@H](C)NP(=O)(CCNC(=O)OCc1ccccc1)N[C@@H](C)C(=O)OCC. The van der Waals surface area contributed by atoms with Gasteiger partial charge >= 0.3 is 18.0 Å². The molecule has 11 heteroatoms. The summed E-state index contributed by atoms with van der Waals surface area (Å²) in [6.07, 6.45) is -0.756. The second-order valence-electron chi connectivity index (χ2n) is 6.66. The largest absolute Gasteiger partial charge is 0.465 e. The second kappa shape index (κ2) is 13.8. The number of amides is 1. The molecule has 31 heavy (non-hydrogen) atoms. The normalized spacial score (nSPS) is 13.0. The molecule has 0 saturated heterocycles. The van der Waals surface area contributed by atoms with Crippen molar-refractivity contribution in [1.82, 2.24) is 15.5 Å². The third-order valence-corrected chi connectivity index (χ3v) is 6.46. The minimum Gasteiger partial charge on any atom is -0.465 e. The summed E-state index contributed by atoms with van der Waals surface area (Å²) in [7, 11) is -3.49. The summed E-state index contributed by atoms with van der Waals surface area (Å²) in [5.74, 6) is -1.16. The molecule has 174 valence electrons. The lowest BCUT2D eigenvalue weighted by Crippen LogP contribution is -2.43. The van der Waals surface area contributed by atoms with Gasteiger partial charge in [0.2, 0.25) is 7.44 Å². The maximum atomic E-state index is 13.4. The van der Waals surface area contributed by atoms with E-state index in [2.05, 4.69) is 15.5 Å². The average molecular weight is 457 g/mol. The Morgan fingerprint density at radius 2 is 1.42 bits per heavy atom. The standard InChI is InChI=1S/C20H32N3O7P/c1-5-28-18(24)15(3)22-31(27,23-16(4)19(25)29-6-2)13-12-21-20(26)30-14-17-10-8-7-9-11-17/h7-11,15-16H,5-6,12-14H2,1-4H3,(H,21,26)(H2,22,23,27)/t15-,16-/m0/s1. The molecule has 0 unspecified atom stereocenters. The number of benzene rings is 1.